The van der Waals surface area contributed by atoms with Crippen LogP contribution < -0.4 is 10.6 Å². The van der Waals surface area contributed by atoms with Crippen LogP contribution in [0.25, 0.3) is 0 Å². The van der Waals surface area contributed by atoms with Crippen molar-refractivity contribution in [2.24, 2.45) is 0 Å². The molecule has 2 fully saturated rings. The van der Waals surface area contributed by atoms with Gasteiger partial charge in [0.25, 0.3) is 0 Å². The fraction of sp³-hybridized carbons (Fsp3) is 0.812. The summed E-state index contributed by atoms with van der Waals surface area (Å²) in [6.07, 6.45) is 1.84. The average Bonchev–Trinajstić information content (AvgIpc) is 2.93. The topological polar surface area (TPSA) is 85.0 Å². The maximum atomic E-state index is 12.2. The van der Waals surface area contributed by atoms with E-state index in [0.717, 1.165) is 45.6 Å². The Hall–Kier alpha value is -1.83. The first-order valence-corrected chi connectivity index (χ1v) is 8.80. The van der Waals surface area contributed by atoms with E-state index in [2.05, 4.69) is 15.5 Å². The molecule has 0 aromatic heterocycles. The lowest BCUT2D eigenvalue weighted by Crippen LogP contribution is -2.49. The average molecular weight is 339 g/mol. The summed E-state index contributed by atoms with van der Waals surface area (Å²) in [5.41, 5.74) is 0. The second-order valence-electron chi connectivity index (χ2n) is 6.40. The van der Waals surface area contributed by atoms with Crippen LogP contribution in [-0.4, -0.2) is 90.9 Å². The summed E-state index contributed by atoms with van der Waals surface area (Å²) in [5.74, 6) is -0.113. The summed E-state index contributed by atoms with van der Waals surface area (Å²) >= 11 is 0. The Balaban J connectivity index is 1.65. The van der Waals surface area contributed by atoms with E-state index in [4.69, 9.17) is 0 Å². The molecule has 2 aliphatic rings. The lowest BCUT2D eigenvalue weighted by molar-refractivity contribution is -0.123. The van der Waals surface area contributed by atoms with Crippen molar-refractivity contribution >= 4 is 17.8 Å². The van der Waals surface area contributed by atoms with Crippen LogP contribution in [0.3, 0.4) is 0 Å². The minimum absolute atomic E-state index is 0.0202. The summed E-state index contributed by atoms with van der Waals surface area (Å²) in [6, 6.07) is 0.458. The van der Waals surface area contributed by atoms with E-state index in [1.807, 2.05) is 16.7 Å². The lowest BCUT2D eigenvalue weighted by Gasteiger charge is -2.36. The summed E-state index contributed by atoms with van der Waals surface area (Å²) < 4.78 is 0. The third kappa shape index (κ3) is 5.09. The molecule has 0 spiro atoms. The fourth-order valence-electron chi connectivity index (χ4n) is 3.32. The highest BCUT2D eigenvalue weighted by molar-refractivity contribution is 5.78. The molecule has 136 valence electrons. The predicted octanol–water partition coefficient (Wildman–Crippen LogP) is -0.539. The SMILES string of the molecule is CCN1CCN(C2CCN(CC(=O)NCCNC(C)=O)CC2)C1=O. The quantitative estimate of drug-likeness (QED) is 0.610. The van der Waals surface area contributed by atoms with Crippen LogP contribution in [0, 0.1) is 0 Å². The Kier molecular flexibility index (Phi) is 6.84. The molecule has 0 radical (unpaired) electrons. The Morgan fingerprint density at radius 2 is 1.75 bits per heavy atom. The third-order valence-corrected chi connectivity index (χ3v) is 4.69. The zero-order valence-electron chi connectivity index (χ0n) is 14.7. The van der Waals surface area contributed by atoms with Gasteiger partial charge in [0.15, 0.2) is 0 Å². The molecular weight excluding hydrogens is 310 g/mol. The lowest BCUT2D eigenvalue weighted by atomic mass is 10.0. The smallest absolute Gasteiger partial charge is 0.320 e. The highest BCUT2D eigenvalue weighted by Crippen LogP contribution is 2.21. The molecule has 24 heavy (non-hydrogen) atoms. The van der Waals surface area contributed by atoms with Crippen molar-refractivity contribution in [3.8, 4) is 0 Å². The standard InChI is InChI=1S/C16H29N5O3/c1-3-20-10-11-21(16(20)24)14-4-8-19(9-5-14)12-15(23)18-7-6-17-13(2)22/h14H,3-12H2,1-2H3,(H,17,22)(H,18,23). The zero-order chi connectivity index (χ0) is 17.5. The van der Waals surface area contributed by atoms with E-state index < -0.39 is 0 Å². The molecule has 2 rings (SSSR count). The second-order valence-corrected chi connectivity index (χ2v) is 6.40. The van der Waals surface area contributed by atoms with Gasteiger partial charge in [-0.2, -0.15) is 0 Å². The molecule has 0 bridgehead atoms. The van der Waals surface area contributed by atoms with Crippen LogP contribution in [-0.2, 0) is 9.59 Å². The molecule has 2 heterocycles. The number of carbonyl (C=O) groups is 3. The minimum atomic E-state index is -0.0931. The maximum Gasteiger partial charge on any atom is 0.320 e. The number of likely N-dealkylation sites (tertiary alicyclic amines) is 1. The summed E-state index contributed by atoms with van der Waals surface area (Å²) in [4.78, 5) is 40.9. The van der Waals surface area contributed by atoms with Crippen LogP contribution in [0.1, 0.15) is 26.7 Å². The molecule has 2 N–H and O–H groups in total. The normalized spacial score (nSPS) is 19.7. The van der Waals surface area contributed by atoms with E-state index >= 15 is 0 Å². The van der Waals surface area contributed by atoms with Crippen molar-refractivity contribution in [1.82, 2.24) is 25.3 Å². The Morgan fingerprint density at radius 1 is 1.08 bits per heavy atom. The van der Waals surface area contributed by atoms with Crippen LogP contribution >= 0.6 is 0 Å². The molecule has 0 aliphatic carbocycles. The second kappa shape index (κ2) is 8.86. The number of hydrogen-bond acceptors (Lipinski definition) is 4. The van der Waals surface area contributed by atoms with Gasteiger partial charge in [-0.05, 0) is 19.8 Å². The Labute approximate surface area is 143 Å². The number of likely N-dealkylation sites (N-methyl/N-ethyl adjacent to an activating group) is 1. The minimum Gasteiger partial charge on any atom is -0.355 e. The van der Waals surface area contributed by atoms with Crippen molar-refractivity contribution in [3.63, 3.8) is 0 Å². The van der Waals surface area contributed by atoms with Crippen molar-refractivity contribution in [2.45, 2.75) is 32.7 Å². The summed E-state index contributed by atoms with van der Waals surface area (Å²) in [5, 5.41) is 5.45. The van der Waals surface area contributed by atoms with Crippen molar-refractivity contribution < 1.29 is 14.4 Å². The molecule has 0 aromatic rings. The van der Waals surface area contributed by atoms with E-state index in [1.165, 1.54) is 6.92 Å². The Morgan fingerprint density at radius 3 is 2.33 bits per heavy atom. The monoisotopic (exact) mass is 339 g/mol. The molecule has 8 nitrogen and oxygen atoms in total. The number of amides is 4. The van der Waals surface area contributed by atoms with Gasteiger partial charge in [0.1, 0.15) is 0 Å². The van der Waals surface area contributed by atoms with E-state index in [-0.39, 0.29) is 17.8 Å². The third-order valence-electron chi connectivity index (χ3n) is 4.69. The summed E-state index contributed by atoms with van der Waals surface area (Å²) in [7, 11) is 0. The molecule has 0 atom stereocenters. The van der Waals surface area contributed by atoms with Gasteiger partial charge in [-0.1, -0.05) is 0 Å². The molecule has 0 aromatic carbocycles. The number of piperidine rings is 1. The van der Waals surface area contributed by atoms with Gasteiger partial charge in [0.2, 0.25) is 11.8 Å². The molecular formula is C16H29N5O3. The van der Waals surface area contributed by atoms with Gasteiger partial charge in [-0.25, -0.2) is 4.79 Å². The van der Waals surface area contributed by atoms with Gasteiger partial charge < -0.3 is 20.4 Å². The first-order valence-electron chi connectivity index (χ1n) is 8.80. The molecule has 0 unspecified atom stereocenters. The first kappa shape index (κ1) is 18.5. The predicted molar refractivity (Wildman–Crippen MR) is 90.5 cm³/mol. The van der Waals surface area contributed by atoms with Crippen molar-refractivity contribution in [3.05, 3.63) is 0 Å². The van der Waals surface area contributed by atoms with Gasteiger partial charge >= 0.3 is 6.03 Å². The number of urea groups is 1. The van der Waals surface area contributed by atoms with Gasteiger partial charge in [0, 0.05) is 58.8 Å². The van der Waals surface area contributed by atoms with Crippen LogP contribution in [0.5, 0.6) is 0 Å². The number of carbonyl (C=O) groups excluding carboxylic acids is 3. The fourth-order valence-corrected chi connectivity index (χ4v) is 3.32. The van der Waals surface area contributed by atoms with Crippen molar-refractivity contribution in [2.75, 3.05) is 52.4 Å². The summed E-state index contributed by atoms with van der Waals surface area (Å²) in [6.45, 7) is 8.82. The number of rotatable bonds is 7. The van der Waals surface area contributed by atoms with Crippen molar-refractivity contribution in [1.29, 1.82) is 0 Å². The van der Waals surface area contributed by atoms with Crippen LogP contribution in [0.15, 0.2) is 0 Å². The van der Waals surface area contributed by atoms with E-state index in [0.29, 0.717) is 25.7 Å². The van der Waals surface area contributed by atoms with E-state index in [1.54, 1.807) is 0 Å². The van der Waals surface area contributed by atoms with E-state index in [9.17, 15) is 14.4 Å². The zero-order valence-corrected chi connectivity index (χ0v) is 14.7. The number of nitrogens with zero attached hydrogens (tertiary/aromatic N) is 3. The molecule has 8 heteroatoms. The first-order chi connectivity index (χ1) is 11.5. The molecule has 2 aliphatic heterocycles. The maximum absolute atomic E-state index is 12.2. The Bertz CT molecular complexity index is 463. The number of hydrogen-bond donors (Lipinski definition) is 2. The highest BCUT2D eigenvalue weighted by atomic mass is 16.2. The molecule has 0 saturated carbocycles. The molecule has 4 amide bonds. The van der Waals surface area contributed by atoms with Gasteiger partial charge in [-0.3, -0.25) is 14.5 Å². The van der Waals surface area contributed by atoms with Gasteiger partial charge in [0.05, 0.1) is 6.54 Å². The highest BCUT2D eigenvalue weighted by Gasteiger charge is 2.34. The number of nitrogens with one attached hydrogen (secondary N) is 2. The van der Waals surface area contributed by atoms with Crippen LogP contribution in [0.4, 0.5) is 4.79 Å². The van der Waals surface area contributed by atoms with Gasteiger partial charge in [-0.15, -0.1) is 0 Å². The van der Waals surface area contributed by atoms with Crippen LogP contribution in [0.2, 0.25) is 0 Å². The molecule has 2 saturated heterocycles. The largest absolute Gasteiger partial charge is 0.355 e.